The third-order valence-electron chi connectivity index (χ3n) is 4.49. The van der Waals surface area contributed by atoms with Gasteiger partial charge in [0.15, 0.2) is 5.57 Å². The molecule has 30 heavy (non-hydrogen) atoms. The van der Waals surface area contributed by atoms with Crippen LogP contribution in [0.2, 0.25) is 0 Å². The number of carbonyl (C=O) groups excluding carboxylic acids is 2. The molecule has 0 heterocycles. The molecule has 0 aliphatic heterocycles. The lowest BCUT2D eigenvalue weighted by atomic mass is 10.1. The smallest absolute Gasteiger partial charge is 0.355 e. The maximum Gasteiger partial charge on any atom is 0.355 e. The zero-order valence-electron chi connectivity index (χ0n) is 18.7. The van der Waals surface area contributed by atoms with Gasteiger partial charge in [-0.05, 0) is 12.8 Å². The van der Waals surface area contributed by atoms with Crippen LogP contribution in [0.25, 0.3) is 4.85 Å². The Morgan fingerprint density at radius 1 is 0.833 bits per heavy atom. The SMILES string of the molecule is C=C(C#N)C(=O)OC(CCCCCCC)OC(=O)C(=C)C#[N+]CCCCCCCC. The molecule has 0 fully saturated rings. The Morgan fingerprint density at radius 2 is 1.33 bits per heavy atom. The van der Waals surface area contributed by atoms with Crippen LogP contribution in [0.15, 0.2) is 24.3 Å². The van der Waals surface area contributed by atoms with E-state index in [4.69, 9.17) is 14.7 Å². The zero-order valence-corrected chi connectivity index (χ0v) is 18.7. The number of rotatable bonds is 16. The molecule has 1 unspecified atom stereocenters. The van der Waals surface area contributed by atoms with Crippen molar-refractivity contribution in [1.29, 1.82) is 5.26 Å². The molecule has 0 aromatic carbocycles. The van der Waals surface area contributed by atoms with Crippen molar-refractivity contribution < 1.29 is 19.1 Å². The van der Waals surface area contributed by atoms with Gasteiger partial charge < -0.3 is 9.47 Å². The summed E-state index contributed by atoms with van der Waals surface area (Å²) in [5.41, 5.74) is -0.361. The number of nitrogens with zero attached hydrogens (tertiary/aromatic N) is 2. The highest BCUT2D eigenvalue weighted by Crippen LogP contribution is 2.14. The van der Waals surface area contributed by atoms with Crippen molar-refractivity contribution in [2.24, 2.45) is 0 Å². The van der Waals surface area contributed by atoms with Crippen molar-refractivity contribution in [1.82, 2.24) is 0 Å². The standard InChI is InChI=1S/C24H37N2O4/c1-5-7-9-11-13-15-17-26-19-21(4)24(28)30-22(16-14-12-10-8-6-2)29-23(27)20(3)18-25/h22H,3-17H2,1-2H3/q+1. The van der Waals surface area contributed by atoms with Crippen molar-refractivity contribution >= 4 is 11.9 Å². The van der Waals surface area contributed by atoms with E-state index < -0.39 is 18.2 Å². The summed E-state index contributed by atoms with van der Waals surface area (Å²) in [6.07, 6.45) is 11.1. The number of esters is 2. The minimum atomic E-state index is -1.09. The van der Waals surface area contributed by atoms with E-state index in [1.165, 1.54) is 25.7 Å². The van der Waals surface area contributed by atoms with Crippen LogP contribution in [0, 0.1) is 17.4 Å². The number of nitriles is 1. The van der Waals surface area contributed by atoms with Gasteiger partial charge in [-0.1, -0.05) is 83.2 Å². The summed E-state index contributed by atoms with van der Waals surface area (Å²) in [6.45, 7) is 11.8. The molecule has 0 N–H and O–H groups in total. The Kier molecular flexibility index (Phi) is 16.8. The van der Waals surface area contributed by atoms with Gasteiger partial charge in [-0.3, -0.25) is 0 Å². The lowest BCUT2D eigenvalue weighted by Gasteiger charge is -2.17. The summed E-state index contributed by atoms with van der Waals surface area (Å²) < 4.78 is 10.4. The molecule has 166 valence electrons. The first-order valence-corrected chi connectivity index (χ1v) is 11.1. The van der Waals surface area contributed by atoms with E-state index in [1.807, 2.05) is 0 Å². The van der Waals surface area contributed by atoms with Crippen LogP contribution in [0.4, 0.5) is 0 Å². The summed E-state index contributed by atoms with van der Waals surface area (Å²) in [5.74, 6) is -1.63. The minimum absolute atomic E-state index is 0.0212. The van der Waals surface area contributed by atoms with Crippen LogP contribution in [0.1, 0.15) is 90.9 Å². The number of hydrogen-bond acceptors (Lipinski definition) is 5. The van der Waals surface area contributed by atoms with Crippen LogP contribution in [-0.2, 0) is 19.1 Å². The fraction of sp³-hybridized carbons (Fsp3) is 0.667. The van der Waals surface area contributed by atoms with Gasteiger partial charge in [-0.25, -0.2) is 9.59 Å². The van der Waals surface area contributed by atoms with Crippen molar-refractivity contribution in [3.8, 4) is 12.1 Å². The normalized spacial score (nSPS) is 10.8. The summed E-state index contributed by atoms with van der Waals surface area (Å²) >= 11 is 0. The fourth-order valence-corrected chi connectivity index (χ4v) is 2.65. The van der Waals surface area contributed by atoms with Crippen LogP contribution >= 0.6 is 0 Å². The Bertz CT molecular complexity index is 652. The molecule has 0 aromatic rings. The van der Waals surface area contributed by atoms with Crippen LogP contribution in [0.3, 0.4) is 0 Å². The first kappa shape index (κ1) is 27.4. The second-order valence-electron chi connectivity index (χ2n) is 7.27. The Hall–Kier alpha value is -2.60. The van der Waals surface area contributed by atoms with Gasteiger partial charge in [0.2, 0.25) is 6.29 Å². The van der Waals surface area contributed by atoms with Crippen molar-refractivity contribution in [2.45, 2.75) is 97.2 Å². The van der Waals surface area contributed by atoms with E-state index in [1.54, 1.807) is 6.07 Å². The topological polar surface area (TPSA) is 80.8 Å². The van der Waals surface area contributed by atoms with Crippen LogP contribution < -0.4 is 0 Å². The lowest BCUT2D eigenvalue weighted by Crippen LogP contribution is -2.25. The highest BCUT2D eigenvalue weighted by Gasteiger charge is 2.23. The van der Waals surface area contributed by atoms with Crippen molar-refractivity contribution in [2.75, 3.05) is 6.54 Å². The summed E-state index contributed by atoms with van der Waals surface area (Å²) in [6, 6.07) is 4.24. The monoisotopic (exact) mass is 417 g/mol. The average molecular weight is 418 g/mol. The fourth-order valence-electron chi connectivity index (χ4n) is 2.65. The van der Waals surface area contributed by atoms with Gasteiger partial charge in [-0.15, -0.1) is 0 Å². The zero-order chi connectivity index (χ0) is 22.6. The third-order valence-corrected chi connectivity index (χ3v) is 4.49. The first-order chi connectivity index (χ1) is 14.5. The maximum absolute atomic E-state index is 12.2. The summed E-state index contributed by atoms with van der Waals surface area (Å²) in [5, 5.41) is 8.77. The van der Waals surface area contributed by atoms with E-state index >= 15 is 0 Å². The molecular formula is C24H37N2O4+. The molecule has 0 aromatic heterocycles. The number of hydrogen-bond donors (Lipinski definition) is 0. The van der Waals surface area contributed by atoms with Gasteiger partial charge in [0, 0.05) is 12.8 Å². The molecule has 0 bridgehead atoms. The molecule has 6 heteroatoms. The van der Waals surface area contributed by atoms with Gasteiger partial charge >= 0.3 is 18.0 Å². The third kappa shape index (κ3) is 14.4. The average Bonchev–Trinajstić information content (AvgIpc) is 2.74. The maximum atomic E-state index is 12.2. The molecule has 6 nitrogen and oxygen atoms in total. The minimum Gasteiger partial charge on any atom is -0.421 e. The largest absolute Gasteiger partial charge is 0.421 e. The molecule has 0 aliphatic rings. The molecule has 0 rings (SSSR count). The molecule has 0 aliphatic carbocycles. The molecular weight excluding hydrogens is 380 g/mol. The number of ether oxygens (including phenoxy) is 2. The molecule has 0 saturated heterocycles. The van der Waals surface area contributed by atoms with Crippen molar-refractivity contribution in [3.63, 3.8) is 0 Å². The highest BCUT2D eigenvalue weighted by atomic mass is 16.7. The van der Waals surface area contributed by atoms with Gasteiger partial charge in [0.05, 0.1) is 0 Å². The molecule has 0 radical (unpaired) electrons. The predicted octanol–water partition coefficient (Wildman–Crippen LogP) is 6.09. The summed E-state index contributed by atoms with van der Waals surface area (Å²) in [4.78, 5) is 28.1. The quantitative estimate of drug-likeness (QED) is 0.0998. The van der Waals surface area contributed by atoms with Gasteiger partial charge in [-0.2, -0.15) is 5.26 Å². The molecule has 0 spiro atoms. The Labute approximate surface area is 181 Å². The summed E-state index contributed by atoms with van der Waals surface area (Å²) in [7, 11) is 0. The van der Waals surface area contributed by atoms with E-state index in [2.05, 4.69) is 37.9 Å². The van der Waals surface area contributed by atoms with Crippen molar-refractivity contribution in [3.05, 3.63) is 29.1 Å². The second-order valence-corrected chi connectivity index (χ2v) is 7.27. The molecule has 0 saturated carbocycles. The van der Waals surface area contributed by atoms with Gasteiger partial charge in [0.1, 0.15) is 11.6 Å². The Morgan fingerprint density at radius 3 is 1.90 bits per heavy atom. The second kappa shape index (κ2) is 18.4. The highest BCUT2D eigenvalue weighted by molar-refractivity contribution is 5.93. The Balaban J connectivity index is 4.53. The molecule has 1 atom stereocenters. The number of carbonyl (C=O) groups is 2. The molecule has 0 amide bonds. The predicted molar refractivity (Wildman–Crippen MR) is 119 cm³/mol. The van der Waals surface area contributed by atoms with E-state index in [0.717, 1.165) is 44.9 Å². The lowest BCUT2D eigenvalue weighted by molar-refractivity contribution is -0.183. The van der Waals surface area contributed by atoms with E-state index in [9.17, 15) is 9.59 Å². The number of unbranched alkanes of at least 4 members (excludes halogenated alkanes) is 9. The van der Waals surface area contributed by atoms with E-state index in [-0.39, 0.29) is 11.1 Å². The van der Waals surface area contributed by atoms with Gasteiger partial charge in [0.25, 0.3) is 6.54 Å². The van der Waals surface area contributed by atoms with Crippen LogP contribution in [0.5, 0.6) is 0 Å². The first-order valence-electron chi connectivity index (χ1n) is 11.1. The van der Waals surface area contributed by atoms with Crippen LogP contribution in [-0.4, -0.2) is 24.8 Å². The van der Waals surface area contributed by atoms with E-state index in [0.29, 0.717) is 13.0 Å².